The van der Waals surface area contributed by atoms with Crippen molar-refractivity contribution in [1.82, 2.24) is 20.9 Å². The number of halogens is 1. The maximum absolute atomic E-state index is 13.6. The molecule has 3 rings (SSSR count). The number of nitrogens with zero attached hydrogens (tertiary/aromatic N) is 1. The second-order valence-electron chi connectivity index (χ2n) is 11.3. The molecular formula is C30H49ClN4O3. The summed E-state index contributed by atoms with van der Waals surface area (Å²) in [5.74, 6) is 0.701. The fraction of sp³-hybridized carbons (Fsp3) is 0.733. The van der Waals surface area contributed by atoms with Gasteiger partial charge in [0.05, 0.1) is 5.54 Å². The lowest BCUT2D eigenvalue weighted by Gasteiger charge is -2.46. The average Bonchev–Trinajstić information content (AvgIpc) is 2.91. The lowest BCUT2D eigenvalue weighted by atomic mass is 9.71. The van der Waals surface area contributed by atoms with Gasteiger partial charge in [0.15, 0.2) is 0 Å². The Balaban J connectivity index is 1.79. The smallest absolute Gasteiger partial charge is 0.317 e. The summed E-state index contributed by atoms with van der Waals surface area (Å²) in [5, 5.41) is 10.6. The fourth-order valence-electron chi connectivity index (χ4n) is 6.65. The second kappa shape index (κ2) is 15.7. The van der Waals surface area contributed by atoms with Crippen LogP contribution in [0.1, 0.15) is 83.1 Å². The third-order valence-electron chi connectivity index (χ3n) is 8.43. The van der Waals surface area contributed by atoms with Crippen molar-refractivity contribution in [3.05, 3.63) is 34.9 Å². The first-order valence-corrected chi connectivity index (χ1v) is 15.0. The van der Waals surface area contributed by atoms with Crippen LogP contribution in [0.15, 0.2) is 24.3 Å². The number of methoxy groups -OCH3 is 1. The standard InChI is InChI=1S/C30H49ClN4O3/c1-23(36)34-30(16-7-8-18-38-3,25-13-9-15-27(31)20-25)26-14-10-17-35(22-26)29(37)33-28(21-32-2)19-24-11-5-4-6-12-24/h9,13,15,20,24,26,28,32H,4-8,10-12,14,16-19,21-22H2,1-3H3,(H,33,37)(H,34,36). The second-order valence-corrected chi connectivity index (χ2v) is 11.8. The van der Waals surface area contributed by atoms with Gasteiger partial charge in [-0.05, 0) is 69.2 Å². The Labute approximate surface area is 234 Å². The number of carbonyl (C=O) groups excluding carboxylic acids is 2. The maximum atomic E-state index is 13.6. The molecule has 3 atom stereocenters. The van der Waals surface area contributed by atoms with Crippen molar-refractivity contribution in [3.8, 4) is 0 Å². The third-order valence-corrected chi connectivity index (χ3v) is 8.67. The van der Waals surface area contributed by atoms with Crippen molar-refractivity contribution in [3.63, 3.8) is 0 Å². The van der Waals surface area contributed by atoms with Gasteiger partial charge in [-0.1, -0.05) is 55.8 Å². The van der Waals surface area contributed by atoms with Crippen LogP contribution in [0.3, 0.4) is 0 Å². The van der Waals surface area contributed by atoms with E-state index in [0.717, 1.165) is 57.2 Å². The first kappa shape index (κ1) is 30.7. The molecule has 0 spiro atoms. The summed E-state index contributed by atoms with van der Waals surface area (Å²) in [6, 6.07) is 7.98. The van der Waals surface area contributed by atoms with E-state index >= 15 is 0 Å². The van der Waals surface area contributed by atoms with Crippen LogP contribution in [0, 0.1) is 11.8 Å². The number of piperidine rings is 1. The summed E-state index contributed by atoms with van der Waals surface area (Å²) in [7, 11) is 3.67. The molecule has 0 radical (unpaired) electrons. The van der Waals surface area contributed by atoms with E-state index in [2.05, 4.69) is 22.0 Å². The number of amides is 3. The number of unbranched alkanes of at least 4 members (excludes halogenated alkanes) is 1. The molecule has 2 fully saturated rings. The Morgan fingerprint density at radius 2 is 1.95 bits per heavy atom. The molecule has 3 amide bonds. The lowest BCUT2D eigenvalue weighted by molar-refractivity contribution is -0.122. The lowest BCUT2D eigenvalue weighted by Crippen LogP contribution is -2.58. The normalized spacial score (nSPS) is 20.9. The zero-order valence-corrected chi connectivity index (χ0v) is 24.5. The van der Waals surface area contributed by atoms with Crippen molar-refractivity contribution in [2.45, 2.75) is 89.1 Å². The highest BCUT2D eigenvalue weighted by molar-refractivity contribution is 6.30. The predicted molar refractivity (Wildman–Crippen MR) is 154 cm³/mol. The molecule has 1 aromatic carbocycles. The number of rotatable bonds is 13. The number of carbonyl (C=O) groups is 2. The topological polar surface area (TPSA) is 82.7 Å². The molecule has 1 aromatic rings. The summed E-state index contributed by atoms with van der Waals surface area (Å²) in [6.07, 6.45) is 11.9. The number of ether oxygens (including phenoxy) is 1. The Bertz CT molecular complexity index is 879. The van der Waals surface area contributed by atoms with E-state index in [1.165, 1.54) is 32.1 Å². The van der Waals surface area contributed by atoms with Gasteiger partial charge in [0, 0.05) is 57.3 Å². The molecule has 7 nitrogen and oxygen atoms in total. The molecule has 1 saturated carbocycles. The number of nitrogens with one attached hydrogen (secondary N) is 3. The minimum absolute atomic E-state index is 0.00737. The van der Waals surface area contributed by atoms with Crippen LogP contribution in [0.4, 0.5) is 4.79 Å². The highest BCUT2D eigenvalue weighted by Gasteiger charge is 2.43. The highest BCUT2D eigenvalue weighted by Crippen LogP contribution is 2.41. The van der Waals surface area contributed by atoms with Crippen LogP contribution in [-0.4, -0.2) is 63.3 Å². The summed E-state index contributed by atoms with van der Waals surface area (Å²) in [6.45, 7) is 4.36. The minimum Gasteiger partial charge on any atom is -0.385 e. The zero-order valence-electron chi connectivity index (χ0n) is 23.7. The Morgan fingerprint density at radius 1 is 1.16 bits per heavy atom. The largest absolute Gasteiger partial charge is 0.385 e. The van der Waals surface area contributed by atoms with Gasteiger partial charge < -0.3 is 25.6 Å². The maximum Gasteiger partial charge on any atom is 0.317 e. The molecule has 3 N–H and O–H groups in total. The zero-order chi connectivity index (χ0) is 27.4. The molecule has 3 unspecified atom stereocenters. The van der Waals surface area contributed by atoms with Gasteiger partial charge in [-0.2, -0.15) is 0 Å². The highest BCUT2D eigenvalue weighted by atomic mass is 35.5. The fourth-order valence-corrected chi connectivity index (χ4v) is 6.84. The molecule has 0 bridgehead atoms. The van der Waals surface area contributed by atoms with Crippen molar-refractivity contribution in [1.29, 1.82) is 0 Å². The molecule has 2 aliphatic rings. The number of hydrogen-bond acceptors (Lipinski definition) is 4. The quantitative estimate of drug-likeness (QED) is 0.285. The molecule has 38 heavy (non-hydrogen) atoms. The number of hydrogen-bond donors (Lipinski definition) is 3. The Kier molecular flexibility index (Phi) is 12.7. The summed E-state index contributed by atoms with van der Waals surface area (Å²) >= 11 is 6.44. The number of likely N-dealkylation sites (tertiary alicyclic amines) is 1. The van der Waals surface area contributed by atoms with Crippen LogP contribution in [-0.2, 0) is 15.1 Å². The van der Waals surface area contributed by atoms with Gasteiger partial charge in [-0.15, -0.1) is 0 Å². The van der Waals surface area contributed by atoms with Gasteiger partial charge in [-0.25, -0.2) is 4.79 Å². The van der Waals surface area contributed by atoms with Crippen LogP contribution in [0.2, 0.25) is 5.02 Å². The molecule has 0 aromatic heterocycles. The first-order chi connectivity index (χ1) is 18.4. The molecule has 1 aliphatic carbocycles. The van der Waals surface area contributed by atoms with Gasteiger partial charge in [0.25, 0.3) is 0 Å². The molecule has 1 heterocycles. The van der Waals surface area contributed by atoms with Gasteiger partial charge >= 0.3 is 6.03 Å². The van der Waals surface area contributed by atoms with Gasteiger partial charge in [-0.3, -0.25) is 4.79 Å². The van der Waals surface area contributed by atoms with E-state index in [1.54, 1.807) is 14.0 Å². The Morgan fingerprint density at radius 3 is 2.63 bits per heavy atom. The molecular weight excluding hydrogens is 500 g/mol. The average molecular weight is 549 g/mol. The van der Waals surface area contributed by atoms with Gasteiger partial charge in [0.1, 0.15) is 0 Å². The Hall–Kier alpha value is -1.83. The summed E-state index contributed by atoms with van der Waals surface area (Å²) in [5.41, 5.74) is 0.408. The third kappa shape index (κ3) is 8.85. The van der Waals surface area contributed by atoms with E-state index in [0.29, 0.717) is 24.1 Å². The SMILES string of the molecule is CNCC(CC1CCCCC1)NC(=O)N1CCCC(C(CCCCOC)(NC(C)=O)c2cccc(Cl)c2)C1. The van der Waals surface area contributed by atoms with Crippen LogP contribution < -0.4 is 16.0 Å². The number of benzene rings is 1. The molecule has 8 heteroatoms. The van der Waals surface area contributed by atoms with Gasteiger partial charge in [0.2, 0.25) is 5.91 Å². The van der Waals surface area contributed by atoms with E-state index in [-0.39, 0.29) is 23.9 Å². The van der Waals surface area contributed by atoms with E-state index < -0.39 is 5.54 Å². The number of urea groups is 1. The van der Waals surface area contributed by atoms with Crippen molar-refractivity contribution < 1.29 is 14.3 Å². The van der Waals surface area contributed by atoms with Crippen LogP contribution >= 0.6 is 11.6 Å². The van der Waals surface area contributed by atoms with Crippen LogP contribution in [0.5, 0.6) is 0 Å². The molecule has 1 aliphatic heterocycles. The van der Waals surface area contributed by atoms with E-state index in [1.807, 2.05) is 30.1 Å². The van der Waals surface area contributed by atoms with E-state index in [4.69, 9.17) is 16.3 Å². The first-order valence-electron chi connectivity index (χ1n) is 14.6. The monoisotopic (exact) mass is 548 g/mol. The van der Waals surface area contributed by atoms with Crippen molar-refractivity contribution in [2.75, 3.05) is 40.4 Å². The summed E-state index contributed by atoms with van der Waals surface area (Å²) in [4.78, 5) is 28.1. The summed E-state index contributed by atoms with van der Waals surface area (Å²) < 4.78 is 5.29. The number of likely N-dealkylation sites (N-methyl/N-ethyl adjacent to an activating group) is 1. The minimum atomic E-state index is -0.601. The van der Waals surface area contributed by atoms with Crippen molar-refractivity contribution in [2.24, 2.45) is 11.8 Å². The molecule has 214 valence electrons. The van der Waals surface area contributed by atoms with Crippen molar-refractivity contribution >= 4 is 23.5 Å². The van der Waals surface area contributed by atoms with E-state index in [9.17, 15) is 9.59 Å². The van der Waals surface area contributed by atoms with Crippen LogP contribution in [0.25, 0.3) is 0 Å². The molecule has 1 saturated heterocycles. The predicted octanol–water partition coefficient (Wildman–Crippen LogP) is 5.47.